The largest absolute Gasteiger partial charge is 0.313 e. The summed E-state index contributed by atoms with van der Waals surface area (Å²) < 4.78 is 0. The fourth-order valence-corrected chi connectivity index (χ4v) is 2.88. The Morgan fingerprint density at radius 1 is 1.32 bits per heavy atom. The van der Waals surface area contributed by atoms with Crippen LogP contribution in [0.3, 0.4) is 0 Å². The Morgan fingerprint density at radius 2 is 2.11 bits per heavy atom. The Balaban J connectivity index is 1.69. The first-order valence-electron chi connectivity index (χ1n) is 7.80. The summed E-state index contributed by atoms with van der Waals surface area (Å²) in [5, 5.41) is 3.64. The zero-order valence-corrected chi connectivity index (χ0v) is 12.4. The maximum Gasteiger partial charge on any atom is 0.0207 e. The van der Waals surface area contributed by atoms with Gasteiger partial charge in [-0.1, -0.05) is 44.2 Å². The molecule has 106 valence electrons. The molecule has 1 N–H and O–H groups in total. The molecule has 1 fully saturated rings. The Morgan fingerprint density at radius 3 is 2.84 bits per heavy atom. The predicted molar refractivity (Wildman–Crippen MR) is 82.6 cm³/mol. The zero-order chi connectivity index (χ0) is 13.5. The van der Waals surface area contributed by atoms with Crippen LogP contribution < -0.4 is 5.32 Å². The summed E-state index contributed by atoms with van der Waals surface area (Å²) >= 11 is 0. The van der Waals surface area contributed by atoms with Gasteiger partial charge in [-0.2, -0.15) is 0 Å². The molecule has 1 aromatic carbocycles. The van der Waals surface area contributed by atoms with E-state index in [-0.39, 0.29) is 0 Å². The molecule has 1 aliphatic rings. The highest BCUT2D eigenvalue weighted by atomic mass is 15.2. The van der Waals surface area contributed by atoms with Crippen molar-refractivity contribution >= 4 is 0 Å². The topological polar surface area (TPSA) is 15.3 Å². The van der Waals surface area contributed by atoms with E-state index in [0.717, 1.165) is 6.04 Å². The minimum absolute atomic E-state index is 0.670. The van der Waals surface area contributed by atoms with Crippen LogP contribution in [0.2, 0.25) is 0 Å². The summed E-state index contributed by atoms with van der Waals surface area (Å²) in [6.45, 7) is 9.49. The van der Waals surface area contributed by atoms with Crippen LogP contribution in [0, 0.1) is 0 Å². The third-order valence-corrected chi connectivity index (χ3v) is 4.20. The molecule has 2 nitrogen and oxygen atoms in total. The minimum atomic E-state index is 0.670. The normalized spacial score (nSPS) is 21.7. The van der Waals surface area contributed by atoms with E-state index < -0.39 is 0 Å². The second kappa shape index (κ2) is 7.66. The van der Waals surface area contributed by atoms with E-state index in [9.17, 15) is 0 Å². The lowest BCUT2D eigenvalue weighted by molar-refractivity contribution is 0.314. The molecule has 19 heavy (non-hydrogen) atoms. The quantitative estimate of drug-likeness (QED) is 0.809. The summed E-state index contributed by atoms with van der Waals surface area (Å²) in [4.78, 5) is 2.62. The van der Waals surface area contributed by atoms with Gasteiger partial charge in [0.25, 0.3) is 0 Å². The van der Waals surface area contributed by atoms with Crippen molar-refractivity contribution in [3.05, 3.63) is 35.9 Å². The van der Waals surface area contributed by atoms with Crippen LogP contribution in [0.5, 0.6) is 0 Å². The van der Waals surface area contributed by atoms with Crippen molar-refractivity contribution in [3.8, 4) is 0 Å². The Kier molecular flexibility index (Phi) is 5.87. The first-order valence-corrected chi connectivity index (χ1v) is 7.80. The van der Waals surface area contributed by atoms with Gasteiger partial charge in [-0.05, 0) is 50.4 Å². The lowest BCUT2D eigenvalue weighted by Gasteiger charge is -2.19. The van der Waals surface area contributed by atoms with E-state index in [1.807, 2.05) is 0 Å². The SMILES string of the molecule is CCCNC1CCN(CCC(C)c2ccccc2)C1. The Hall–Kier alpha value is -0.860. The van der Waals surface area contributed by atoms with E-state index >= 15 is 0 Å². The van der Waals surface area contributed by atoms with Crippen molar-refractivity contribution < 1.29 is 0 Å². The summed E-state index contributed by atoms with van der Waals surface area (Å²) in [5.74, 6) is 0.670. The predicted octanol–water partition coefficient (Wildman–Crippen LogP) is 3.25. The fraction of sp³-hybridized carbons (Fsp3) is 0.647. The van der Waals surface area contributed by atoms with Crippen LogP contribution >= 0.6 is 0 Å². The van der Waals surface area contributed by atoms with Gasteiger partial charge in [-0.15, -0.1) is 0 Å². The van der Waals surface area contributed by atoms with E-state index in [0.29, 0.717) is 5.92 Å². The van der Waals surface area contributed by atoms with E-state index in [4.69, 9.17) is 0 Å². The van der Waals surface area contributed by atoms with Crippen molar-refractivity contribution in [3.63, 3.8) is 0 Å². The molecule has 2 atom stereocenters. The van der Waals surface area contributed by atoms with Gasteiger partial charge in [0.1, 0.15) is 0 Å². The molecular weight excluding hydrogens is 232 g/mol. The van der Waals surface area contributed by atoms with Gasteiger partial charge in [0.2, 0.25) is 0 Å². The number of benzene rings is 1. The molecule has 0 bridgehead atoms. The number of nitrogens with zero attached hydrogens (tertiary/aromatic N) is 1. The van der Waals surface area contributed by atoms with Gasteiger partial charge in [0, 0.05) is 12.6 Å². The number of hydrogen-bond donors (Lipinski definition) is 1. The van der Waals surface area contributed by atoms with Crippen molar-refractivity contribution in [1.29, 1.82) is 0 Å². The third kappa shape index (κ3) is 4.63. The number of rotatable bonds is 7. The smallest absolute Gasteiger partial charge is 0.0207 e. The van der Waals surface area contributed by atoms with Gasteiger partial charge in [-0.25, -0.2) is 0 Å². The number of likely N-dealkylation sites (tertiary alicyclic amines) is 1. The highest BCUT2D eigenvalue weighted by Crippen LogP contribution is 2.20. The molecule has 1 saturated heterocycles. The average molecular weight is 260 g/mol. The molecule has 0 aromatic heterocycles. The zero-order valence-electron chi connectivity index (χ0n) is 12.4. The molecule has 1 aromatic rings. The molecule has 2 rings (SSSR count). The minimum Gasteiger partial charge on any atom is -0.313 e. The summed E-state index contributed by atoms with van der Waals surface area (Å²) in [6.07, 6.45) is 3.83. The van der Waals surface area contributed by atoms with Crippen LogP contribution in [0.1, 0.15) is 44.6 Å². The van der Waals surface area contributed by atoms with E-state index in [1.165, 1.54) is 51.0 Å². The van der Waals surface area contributed by atoms with Crippen LogP contribution in [0.4, 0.5) is 0 Å². The molecule has 2 unspecified atom stereocenters. The molecule has 0 saturated carbocycles. The molecule has 0 spiro atoms. The van der Waals surface area contributed by atoms with Crippen molar-refractivity contribution in [2.45, 2.75) is 45.1 Å². The van der Waals surface area contributed by atoms with Crippen molar-refractivity contribution in [1.82, 2.24) is 10.2 Å². The fourth-order valence-electron chi connectivity index (χ4n) is 2.88. The third-order valence-electron chi connectivity index (χ3n) is 4.20. The van der Waals surface area contributed by atoms with Gasteiger partial charge in [-0.3, -0.25) is 0 Å². The van der Waals surface area contributed by atoms with Gasteiger partial charge in [0.15, 0.2) is 0 Å². The van der Waals surface area contributed by atoms with Crippen LogP contribution in [0.15, 0.2) is 30.3 Å². The maximum atomic E-state index is 3.64. The summed E-state index contributed by atoms with van der Waals surface area (Å²) in [5.41, 5.74) is 1.47. The Labute approximate surface area is 118 Å². The number of hydrogen-bond acceptors (Lipinski definition) is 2. The lowest BCUT2D eigenvalue weighted by Crippen LogP contribution is -2.33. The van der Waals surface area contributed by atoms with Crippen molar-refractivity contribution in [2.75, 3.05) is 26.2 Å². The molecule has 0 radical (unpaired) electrons. The second-order valence-electron chi connectivity index (χ2n) is 5.84. The van der Waals surface area contributed by atoms with Gasteiger partial charge >= 0.3 is 0 Å². The second-order valence-corrected chi connectivity index (χ2v) is 5.84. The summed E-state index contributed by atoms with van der Waals surface area (Å²) in [7, 11) is 0. The molecule has 2 heteroatoms. The Bertz CT molecular complexity index is 350. The van der Waals surface area contributed by atoms with Crippen LogP contribution in [-0.2, 0) is 0 Å². The first-order chi connectivity index (χ1) is 9.29. The average Bonchev–Trinajstić information content (AvgIpc) is 2.91. The summed E-state index contributed by atoms with van der Waals surface area (Å²) in [6, 6.07) is 11.6. The molecule has 0 amide bonds. The highest BCUT2D eigenvalue weighted by molar-refractivity contribution is 5.18. The number of nitrogens with one attached hydrogen (secondary N) is 1. The lowest BCUT2D eigenvalue weighted by atomic mass is 9.98. The van der Waals surface area contributed by atoms with Gasteiger partial charge in [0.05, 0.1) is 0 Å². The first kappa shape index (κ1) is 14.5. The van der Waals surface area contributed by atoms with Crippen LogP contribution in [0.25, 0.3) is 0 Å². The highest BCUT2D eigenvalue weighted by Gasteiger charge is 2.21. The molecular formula is C17H28N2. The van der Waals surface area contributed by atoms with Gasteiger partial charge < -0.3 is 10.2 Å². The molecule has 0 aliphatic carbocycles. The molecule has 1 heterocycles. The van der Waals surface area contributed by atoms with E-state index in [1.54, 1.807) is 0 Å². The molecule has 1 aliphatic heterocycles. The maximum absolute atomic E-state index is 3.64. The van der Waals surface area contributed by atoms with Crippen molar-refractivity contribution in [2.24, 2.45) is 0 Å². The van der Waals surface area contributed by atoms with E-state index in [2.05, 4.69) is 54.4 Å². The monoisotopic (exact) mass is 260 g/mol. The standard InChI is InChI=1S/C17H28N2/c1-3-11-18-17-10-13-19(14-17)12-9-15(2)16-7-5-4-6-8-16/h4-8,15,17-18H,3,9-14H2,1-2H3. The van der Waals surface area contributed by atoms with Crippen LogP contribution in [-0.4, -0.2) is 37.1 Å².